The Morgan fingerprint density at radius 2 is 2.04 bits per heavy atom. The fourth-order valence-electron chi connectivity index (χ4n) is 2.64. The van der Waals surface area contributed by atoms with E-state index in [-0.39, 0.29) is 18.2 Å². The number of nitrogens with one attached hydrogen (secondary N) is 1. The summed E-state index contributed by atoms with van der Waals surface area (Å²) in [5.41, 5.74) is 1.88. The number of methoxy groups -OCH3 is 1. The minimum Gasteiger partial charge on any atom is -0.494 e. The maximum Gasteiger partial charge on any atom is 0.234 e. The van der Waals surface area contributed by atoms with Crippen LogP contribution in [0.5, 0.6) is 5.75 Å². The number of hydrogen-bond donors (Lipinski definition) is 1. The van der Waals surface area contributed by atoms with Crippen LogP contribution >= 0.6 is 11.6 Å². The van der Waals surface area contributed by atoms with Gasteiger partial charge in [0.05, 0.1) is 13.7 Å². The van der Waals surface area contributed by atoms with Crippen molar-refractivity contribution in [2.24, 2.45) is 0 Å². The van der Waals surface area contributed by atoms with Gasteiger partial charge in [0, 0.05) is 18.1 Å². The highest BCUT2D eigenvalue weighted by molar-refractivity contribution is 6.30. The SMILES string of the molecule is CCN(CC(=O)NCCc1cccc(Cl)c1)Cc1ccc(OC)c(F)c1. The molecule has 6 heteroatoms. The topological polar surface area (TPSA) is 41.6 Å². The maximum absolute atomic E-state index is 13.8. The molecule has 0 saturated heterocycles. The summed E-state index contributed by atoms with van der Waals surface area (Å²) in [7, 11) is 1.43. The standard InChI is InChI=1S/C20H24ClFN2O2/c1-3-24(13-16-7-8-19(26-2)18(22)12-16)14-20(25)23-10-9-15-5-4-6-17(21)11-15/h4-8,11-12H,3,9-10,13-14H2,1-2H3,(H,23,25). The number of carbonyl (C=O) groups is 1. The number of amides is 1. The van der Waals surface area contributed by atoms with Gasteiger partial charge in [-0.25, -0.2) is 4.39 Å². The fraction of sp³-hybridized carbons (Fsp3) is 0.350. The second kappa shape index (κ2) is 10.1. The summed E-state index contributed by atoms with van der Waals surface area (Å²) in [6.45, 7) is 3.97. The number of likely N-dealkylation sites (N-methyl/N-ethyl adjacent to an activating group) is 1. The van der Waals surface area contributed by atoms with Gasteiger partial charge in [0.15, 0.2) is 11.6 Å². The first-order valence-corrected chi connectivity index (χ1v) is 8.95. The van der Waals surface area contributed by atoms with Gasteiger partial charge in [-0.1, -0.05) is 36.7 Å². The number of benzene rings is 2. The highest BCUT2D eigenvalue weighted by Gasteiger charge is 2.11. The molecule has 26 heavy (non-hydrogen) atoms. The molecule has 2 aromatic carbocycles. The first-order chi connectivity index (χ1) is 12.5. The van der Waals surface area contributed by atoms with Crippen molar-refractivity contribution in [1.82, 2.24) is 10.2 Å². The Hall–Kier alpha value is -2.11. The number of carbonyl (C=O) groups excluding carboxylic acids is 1. The first kappa shape index (κ1) is 20.2. The smallest absolute Gasteiger partial charge is 0.234 e. The first-order valence-electron chi connectivity index (χ1n) is 8.57. The van der Waals surface area contributed by atoms with Gasteiger partial charge in [0.1, 0.15) is 0 Å². The van der Waals surface area contributed by atoms with Crippen molar-refractivity contribution >= 4 is 17.5 Å². The molecule has 0 aromatic heterocycles. The van der Waals surface area contributed by atoms with Crippen LogP contribution in [0.4, 0.5) is 4.39 Å². The van der Waals surface area contributed by atoms with E-state index < -0.39 is 5.82 Å². The molecule has 140 valence electrons. The summed E-state index contributed by atoms with van der Waals surface area (Å²) >= 11 is 5.95. The fourth-order valence-corrected chi connectivity index (χ4v) is 2.86. The Morgan fingerprint density at radius 1 is 1.23 bits per heavy atom. The zero-order chi connectivity index (χ0) is 18.9. The van der Waals surface area contributed by atoms with E-state index >= 15 is 0 Å². The number of nitrogens with zero attached hydrogens (tertiary/aromatic N) is 1. The molecule has 0 radical (unpaired) electrons. The molecule has 0 fully saturated rings. The maximum atomic E-state index is 13.8. The van der Waals surface area contributed by atoms with Gasteiger partial charge in [-0.15, -0.1) is 0 Å². The Morgan fingerprint density at radius 3 is 2.69 bits per heavy atom. The van der Waals surface area contributed by atoms with Crippen molar-refractivity contribution in [1.29, 1.82) is 0 Å². The van der Waals surface area contributed by atoms with Crippen LogP contribution in [0.2, 0.25) is 5.02 Å². The summed E-state index contributed by atoms with van der Waals surface area (Å²) in [6, 6.07) is 12.4. The highest BCUT2D eigenvalue weighted by atomic mass is 35.5. The third-order valence-corrected chi connectivity index (χ3v) is 4.30. The third-order valence-electron chi connectivity index (χ3n) is 4.06. The molecule has 2 aromatic rings. The molecule has 1 amide bonds. The zero-order valence-electron chi connectivity index (χ0n) is 15.1. The van der Waals surface area contributed by atoms with E-state index in [0.29, 0.717) is 24.7 Å². The van der Waals surface area contributed by atoms with Crippen molar-refractivity contribution in [2.45, 2.75) is 19.9 Å². The third kappa shape index (κ3) is 6.32. The molecule has 0 atom stereocenters. The Balaban J connectivity index is 1.81. The molecule has 0 spiro atoms. The largest absolute Gasteiger partial charge is 0.494 e. The molecule has 2 rings (SSSR count). The van der Waals surface area contributed by atoms with E-state index in [1.54, 1.807) is 6.07 Å². The van der Waals surface area contributed by atoms with Crippen LogP contribution in [0.3, 0.4) is 0 Å². The minimum atomic E-state index is -0.396. The van der Waals surface area contributed by atoms with Crippen molar-refractivity contribution in [3.05, 3.63) is 64.4 Å². The van der Waals surface area contributed by atoms with Gasteiger partial charge in [0.25, 0.3) is 0 Å². The predicted molar refractivity (Wildman–Crippen MR) is 102 cm³/mol. The summed E-state index contributed by atoms with van der Waals surface area (Å²) < 4.78 is 18.7. The molecule has 0 aliphatic heterocycles. The van der Waals surface area contributed by atoms with Crippen LogP contribution in [0.1, 0.15) is 18.1 Å². The van der Waals surface area contributed by atoms with Gasteiger partial charge in [0.2, 0.25) is 5.91 Å². The van der Waals surface area contributed by atoms with E-state index in [1.165, 1.54) is 13.2 Å². The van der Waals surface area contributed by atoms with Crippen LogP contribution in [0, 0.1) is 5.82 Å². The second-order valence-corrected chi connectivity index (χ2v) is 6.44. The van der Waals surface area contributed by atoms with Crippen molar-refractivity contribution in [3.8, 4) is 5.75 Å². The summed E-state index contributed by atoms with van der Waals surface area (Å²) in [5, 5.41) is 3.61. The summed E-state index contributed by atoms with van der Waals surface area (Å²) in [6.07, 6.45) is 0.724. The molecule has 0 saturated carbocycles. The van der Waals surface area contributed by atoms with E-state index in [1.807, 2.05) is 42.2 Å². The highest BCUT2D eigenvalue weighted by Crippen LogP contribution is 2.18. The molecule has 0 bridgehead atoms. The number of ether oxygens (including phenoxy) is 1. The normalized spacial score (nSPS) is 10.8. The lowest BCUT2D eigenvalue weighted by Gasteiger charge is -2.20. The molecule has 0 unspecified atom stereocenters. The lowest BCUT2D eigenvalue weighted by Crippen LogP contribution is -2.37. The van der Waals surface area contributed by atoms with E-state index in [4.69, 9.17) is 16.3 Å². The van der Waals surface area contributed by atoms with Crippen molar-refractivity contribution in [3.63, 3.8) is 0 Å². The molecule has 4 nitrogen and oxygen atoms in total. The average Bonchev–Trinajstić information content (AvgIpc) is 2.61. The number of rotatable bonds is 9. The van der Waals surface area contributed by atoms with Gasteiger partial charge in [-0.2, -0.15) is 0 Å². The van der Waals surface area contributed by atoms with Crippen LogP contribution < -0.4 is 10.1 Å². The molecular formula is C20H24ClFN2O2. The number of halogens is 2. The lowest BCUT2D eigenvalue weighted by atomic mass is 10.1. The Bertz CT molecular complexity index is 740. The zero-order valence-corrected chi connectivity index (χ0v) is 15.9. The molecule has 0 aliphatic carbocycles. The van der Waals surface area contributed by atoms with Crippen LogP contribution in [0.15, 0.2) is 42.5 Å². The van der Waals surface area contributed by atoms with Gasteiger partial charge >= 0.3 is 0 Å². The Labute approximate surface area is 158 Å². The Kier molecular flexibility index (Phi) is 7.88. The van der Waals surface area contributed by atoms with Crippen LogP contribution in [-0.2, 0) is 17.8 Å². The predicted octanol–water partition coefficient (Wildman–Crippen LogP) is 3.67. The van der Waals surface area contributed by atoms with Crippen LogP contribution in [0.25, 0.3) is 0 Å². The minimum absolute atomic E-state index is 0.0529. The number of hydrogen-bond acceptors (Lipinski definition) is 3. The van der Waals surface area contributed by atoms with Gasteiger partial charge < -0.3 is 10.1 Å². The molecular weight excluding hydrogens is 355 g/mol. The molecule has 1 N–H and O–H groups in total. The monoisotopic (exact) mass is 378 g/mol. The summed E-state index contributed by atoms with van der Waals surface area (Å²) in [5.74, 6) is -0.231. The van der Waals surface area contributed by atoms with Gasteiger partial charge in [-0.05, 0) is 48.4 Å². The molecule has 0 aliphatic rings. The van der Waals surface area contributed by atoms with E-state index in [0.717, 1.165) is 17.5 Å². The second-order valence-electron chi connectivity index (χ2n) is 6.00. The molecule has 0 heterocycles. The summed E-state index contributed by atoms with van der Waals surface area (Å²) in [4.78, 5) is 14.1. The van der Waals surface area contributed by atoms with E-state index in [9.17, 15) is 9.18 Å². The average molecular weight is 379 g/mol. The van der Waals surface area contributed by atoms with Crippen LogP contribution in [-0.4, -0.2) is 37.6 Å². The van der Waals surface area contributed by atoms with Gasteiger partial charge in [-0.3, -0.25) is 9.69 Å². The van der Waals surface area contributed by atoms with Crippen molar-refractivity contribution in [2.75, 3.05) is 26.7 Å². The van der Waals surface area contributed by atoms with E-state index in [2.05, 4.69) is 5.32 Å². The quantitative estimate of drug-likeness (QED) is 0.723. The lowest BCUT2D eigenvalue weighted by molar-refractivity contribution is -0.122. The van der Waals surface area contributed by atoms with Crippen molar-refractivity contribution < 1.29 is 13.9 Å².